The van der Waals surface area contributed by atoms with E-state index in [0.29, 0.717) is 16.3 Å². The summed E-state index contributed by atoms with van der Waals surface area (Å²) in [5.74, 6) is -0.289. The molecule has 1 aromatic heterocycles. The highest BCUT2D eigenvalue weighted by Crippen LogP contribution is 2.29. The predicted molar refractivity (Wildman–Crippen MR) is 104 cm³/mol. The van der Waals surface area contributed by atoms with Crippen molar-refractivity contribution < 1.29 is 14.7 Å². The van der Waals surface area contributed by atoms with Gasteiger partial charge in [0, 0.05) is 17.1 Å². The second-order valence-corrected chi connectivity index (χ2v) is 7.12. The van der Waals surface area contributed by atoms with Crippen molar-refractivity contribution in [2.45, 2.75) is 20.0 Å². The first-order chi connectivity index (χ1) is 12.2. The second kappa shape index (κ2) is 8.68. The third-order valence-electron chi connectivity index (χ3n) is 3.51. The lowest BCUT2D eigenvalue weighted by molar-refractivity contribution is -0.00685. The van der Waals surface area contributed by atoms with Gasteiger partial charge in [-0.25, -0.2) is 5.48 Å². The van der Waals surface area contributed by atoms with E-state index in [1.807, 2.05) is 0 Å². The second-order valence-electron chi connectivity index (χ2n) is 5.79. The number of carbonyl (C=O) groups is 1. The van der Waals surface area contributed by atoms with Gasteiger partial charge in [0.05, 0.1) is 22.4 Å². The van der Waals surface area contributed by atoms with Crippen LogP contribution in [0.25, 0.3) is 0 Å². The van der Waals surface area contributed by atoms with Crippen LogP contribution in [0.1, 0.15) is 22.8 Å². The number of hydrogen-bond acceptors (Lipinski definition) is 5. The summed E-state index contributed by atoms with van der Waals surface area (Å²) >= 11 is 9.55. The molecular formula is C17H19BrClN3O4. The number of anilines is 2. The Hall–Kier alpha value is -1.87. The Morgan fingerprint density at radius 2 is 2.12 bits per heavy atom. The lowest BCUT2D eigenvalue weighted by Gasteiger charge is -2.17. The Morgan fingerprint density at radius 1 is 1.42 bits per heavy atom. The smallest absolute Gasteiger partial charge is 0.278 e. The maximum atomic E-state index is 12.5. The van der Waals surface area contributed by atoms with E-state index in [1.54, 1.807) is 32.2 Å². The number of hydroxylamine groups is 1. The number of nitrogens with zero attached hydrogens (tertiary/aromatic N) is 1. The highest BCUT2D eigenvalue weighted by Gasteiger charge is 2.18. The third-order valence-corrected chi connectivity index (χ3v) is 4.32. The molecule has 0 aliphatic heterocycles. The summed E-state index contributed by atoms with van der Waals surface area (Å²) in [6.45, 7) is 3.09. The van der Waals surface area contributed by atoms with Gasteiger partial charge in [-0.05, 0) is 38.1 Å². The zero-order valence-corrected chi connectivity index (χ0v) is 16.8. The molecule has 7 nitrogen and oxygen atoms in total. The summed E-state index contributed by atoms with van der Waals surface area (Å²) in [6, 6.07) is 6.68. The number of halogens is 2. The molecule has 1 heterocycles. The van der Waals surface area contributed by atoms with Crippen molar-refractivity contribution in [1.29, 1.82) is 0 Å². The van der Waals surface area contributed by atoms with Gasteiger partial charge in [-0.3, -0.25) is 19.0 Å². The van der Waals surface area contributed by atoms with Crippen molar-refractivity contribution >= 4 is 44.9 Å². The Balaban J connectivity index is 2.41. The van der Waals surface area contributed by atoms with Crippen molar-refractivity contribution in [2.75, 3.05) is 11.9 Å². The maximum absolute atomic E-state index is 12.5. The minimum absolute atomic E-state index is 0.0577. The van der Waals surface area contributed by atoms with Gasteiger partial charge >= 0.3 is 0 Å². The van der Waals surface area contributed by atoms with E-state index in [4.69, 9.17) is 16.4 Å². The summed E-state index contributed by atoms with van der Waals surface area (Å²) in [7, 11) is 1.55. The summed E-state index contributed by atoms with van der Waals surface area (Å²) < 4.78 is 2.13. The van der Waals surface area contributed by atoms with Crippen LogP contribution < -0.4 is 16.4 Å². The summed E-state index contributed by atoms with van der Waals surface area (Å²) in [5.41, 5.74) is 3.15. The fourth-order valence-electron chi connectivity index (χ4n) is 2.22. The lowest BCUT2D eigenvalue weighted by Crippen LogP contribution is -2.31. The van der Waals surface area contributed by atoms with E-state index in [0.717, 1.165) is 4.47 Å². The zero-order chi connectivity index (χ0) is 19.4. The van der Waals surface area contributed by atoms with Crippen LogP contribution in [0.2, 0.25) is 5.02 Å². The van der Waals surface area contributed by atoms with Gasteiger partial charge in [-0.2, -0.15) is 0 Å². The molecule has 0 bridgehead atoms. The Labute approximate surface area is 164 Å². The van der Waals surface area contributed by atoms with E-state index in [1.165, 1.54) is 17.6 Å². The van der Waals surface area contributed by atoms with Crippen LogP contribution in [0.15, 0.2) is 33.5 Å². The molecule has 0 spiro atoms. The minimum atomic E-state index is -0.726. The van der Waals surface area contributed by atoms with Gasteiger partial charge in [0.2, 0.25) is 0 Å². The van der Waals surface area contributed by atoms with Gasteiger partial charge < -0.3 is 10.4 Å². The van der Waals surface area contributed by atoms with Gasteiger partial charge in [0.1, 0.15) is 12.4 Å². The number of aromatic nitrogens is 1. The molecule has 0 radical (unpaired) electrons. The number of rotatable bonds is 6. The molecule has 3 N–H and O–H groups in total. The molecule has 2 aromatic rings. The zero-order valence-electron chi connectivity index (χ0n) is 14.5. The first kappa shape index (κ1) is 20.4. The van der Waals surface area contributed by atoms with E-state index in [2.05, 4.69) is 26.7 Å². The first-order valence-electron chi connectivity index (χ1n) is 7.73. The van der Waals surface area contributed by atoms with Crippen LogP contribution in [0.3, 0.4) is 0 Å². The van der Waals surface area contributed by atoms with Crippen LogP contribution in [0.4, 0.5) is 11.5 Å². The first-order valence-corrected chi connectivity index (χ1v) is 8.90. The van der Waals surface area contributed by atoms with E-state index in [-0.39, 0.29) is 23.5 Å². The third kappa shape index (κ3) is 4.85. The quantitative estimate of drug-likeness (QED) is 0.596. The number of amides is 1. The summed E-state index contributed by atoms with van der Waals surface area (Å²) in [4.78, 5) is 29.7. The maximum Gasteiger partial charge on any atom is 0.278 e. The topological polar surface area (TPSA) is 92.6 Å². The molecule has 1 atom stereocenters. The molecule has 0 fully saturated rings. The number of benzene rings is 1. The number of aliphatic hydroxyl groups excluding tert-OH is 1. The minimum Gasteiger partial charge on any atom is -0.391 e. The monoisotopic (exact) mass is 443 g/mol. The van der Waals surface area contributed by atoms with Gasteiger partial charge in [0.15, 0.2) is 0 Å². The molecule has 0 unspecified atom stereocenters. The summed E-state index contributed by atoms with van der Waals surface area (Å²) in [6.07, 6.45) is -0.726. The standard InChI is InChI=1S/C17H19BrClN3O4/c1-9-6-12(16(24)21-26-8-10(2)23)15(22(3)17(9)25)20-14-5-4-11(18)7-13(14)19/h4-7,10,20,23H,8H2,1-3H3,(H,21,24)/t10-/m0/s1. The number of pyridine rings is 1. The SMILES string of the molecule is Cc1cc(C(=O)NOC[C@H](C)O)c(Nc2ccc(Br)cc2Cl)n(C)c1=O. The van der Waals surface area contributed by atoms with E-state index in [9.17, 15) is 14.7 Å². The molecule has 1 aromatic carbocycles. The van der Waals surface area contributed by atoms with Crippen molar-refractivity contribution in [2.24, 2.45) is 7.05 Å². The highest BCUT2D eigenvalue weighted by atomic mass is 79.9. The molecule has 0 saturated heterocycles. The molecule has 26 heavy (non-hydrogen) atoms. The van der Waals surface area contributed by atoms with Gasteiger partial charge in [-0.15, -0.1) is 0 Å². The molecule has 9 heteroatoms. The molecule has 0 saturated carbocycles. The van der Waals surface area contributed by atoms with E-state index < -0.39 is 12.0 Å². The normalized spacial score (nSPS) is 11.9. The van der Waals surface area contributed by atoms with Crippen LogP contribution in [0, 0.1) is 6.92 Å². The number of aliphatic hydroxyl groups is 1. The average molecular weight is 445 g/mol. The van der Waals surface area contributed by atoms with Gasteiger partial charge in [0.25, 0.3) is 11.5 Å². The predicted octanol–water partition coefficient (Wildman–Crippen LogP) is 2.90. The Kier molecular flexibility index (Phi) is 6.82. The molecule has 140 valence electrons. The number of hydrogen-bond donors (Lipinski definition) is 3. The van der Waals surface area contributed by atoms with Crippen LogP contribution in [0.5, 0.6) is 0 Å². The molecule has 0 aliphatic carbocycles. The number of nitrogens with one attached hydrogen (secondary N) is 2. The molecule has 1 amide bonds. The molecule has 0 aliphatic rings. The van der Waals surface area contributed by atoms with Crippen LogP contribution >= 0.6 is 27.5 Å². The summed E-state index contributed by atoms with van der Waals surface area (Å²) in [5, 5.41) is 12.7. The fourth-order valence-corrected chi connectivity index (χ4v) is 2.94. The van der Waals surface area contributed by atoms with E-state index >= 15 is 0 Å². The Morgan fingerprint density at radius 3 is 2.73 bits per heavy atom. The van der Waals surface area contributed by atoms with Crippen LogP contribution in [-0.2, 0) is 11.9 Å². The van der Waals surface area contributed by atoms with Crippen molar-refractivity contribution in [3.63, 3.8) is 0 Å². The van der Waals surface area contributed by atoms with Crippen molar-refractivity contribution in [1.82, 2.24) is 10.0 Å². The Bertz CT molecular complexity index is 883. The number of aryl methyl sites for hydroxylation is 1. The number of carbonyl (C=O) groups excluding carboxylic acids is 1. The highest BCUT2D eigenvalue weighted by molar-refractivity contribution is 9.10. The average Bonchev–Trinajstić information content (AvgIpc) is 2.56. The van der Waals surface area contributed by atoms with Gasteiger partial charge in [-0.1, -0.05) is 27.5 Å². The van der Waals surface area contributed by atoms with Crippen molar-refractivity contribution in [3.8, 4) is 0 Å². The van der Waals surface area contributed by atoms with Crippen LogP contribution in [-0.4, -0.2) is 28.3 Å². The lowest BCUT2D eigenvalue weighted by atomic mass is 10.1. The molecular weight excluding hydrogens is 426 g/mol. The van der Waals surface area contributed by atoms with Crippen molar-refractivity contribution in [3.05, 3.63) is 55.2 Å². The molecule has 2 rings (SSSR count). The largest absolute Gasteiger partial charge is 0.391 e. The fraction of sp³-hybridized carbons (Fsp3) is 0.294.